The summed E-state index contributed by atoms with van der Waals surface area (Å²) in [5.74, 6) is 0.204. The molecule has 0 fully saturated rings. The topological polar surface area (TPSA) is 34.1 Å². The quantitative estimate of drug-likeness (QED) is 0.705. The van der Waals surface area contributed by atoms with Crippen LogP contribution in [0.5, 0.6) is 0 Å². The first-order chi connectivity index (χ1) is 7.77. The van der Waals surface area contributed by atoms with Crippen LogP contribution < -0.4 is 0 Å². The molecule has 0 unspecified atom stereocenters. The molecule has 2 aliphatic carbocycles. The summed E-state index contributed by atoms with van der Waals surface area (Å²) in [7, 11) is 0. The number of ketones is 2. The molecule has 0 aliphatic heterocycles. The molecule has 2 heteroatoms. The van der Waals surface area contributed by atoms with Crippen molar-refractivity contribution < 1.29 is 9.59 Å². The molecule has 0 amide bonds. The predicted octanol–water partition coefficient (Wildman–Crippen LogP) is 2.68. The third-order valence-corrected chi connectivity index (χ3v) is 2.84. The lowest BCUT2D eigenvalue weighted by molar-refractivity contribution is -0.120. The van der Waals surface area contributed by atoms with Gasteiger partial charge in [0.2, 0.25) is 0 Å². The molecular formula is C14H14O2. The van der Waals surface area contributed by atoms with Crippen molar-refractivity contribution in [2.45, 2.75) is 25.7 Å². The van der Waals surface area contributed by atoms with E-state index in [1.165, 1.54) is 0 Å². The van der Waals surface area contributed by atoms with Gasteiger partial charge in [0.05, 0.1) is 0 Å². The minimum Gasteiger partial charge on any atom is -0.295 e. The maximum Gasteiger partial charge on any atom is 0.159 e. The fraction of sp³-hybridized carbons (Fsp3) is 0.286. The second kappa shape index (κ2) is 4.88. The van der Waals surface area contributed by atoms with Gasteiger partial charge in [0.1, 0.15) is 0 Å². The Morgan fingerprint density at radius 3 is 1.62 bits per heavy atom. The maximum absolute atomic E-state index is 11.7. The zero-order valence-corrected chi connectivity index (χ0v) is 9.11. The number of Topliss-reactive ketones (excluding diaryl/α,β-unsaturated/α-hetero) is 2. The lowest BCUT2D eigenvalue weighted by Crippen LogP contribution is -2.07. The van der Waals surface area contributed by atoms with Crippen LogP contribution in [0, 0.1) is 0 Å². The summed E-state index contributed by atoms with van der Waals surface area (Å²) in [6.45, 7) is 0. The van der Waals surface area contributed by atoms with Gasteiger partial charge >= 0.3 is 0 Å². The van der Waals surface area contributed by atoms with Crippen LogP contribution in [0.2, 0.25) is 0 Å². The van der Waals surface area contributed by atoms with E-state index in [-0.39, 0.29) is 11.6 Å². The Morgan fingerprint density at radius 2 is 1.31 bits per heavy atom. The highest BCUT2D eigenvalue weighted by atomic mass is 16.1. The molecule has 0 radical (unpaired) electrons. The number of carbonyl (C=O) groups is 2. The van der Waals surface area contributed by atoms with E-state index in [2.05, 4.69) is 0 Å². The molecule has 0 aromatic heterocycles. The summed E-state index contributed by atoms with van der Waals surface area (Å²) in [5, 5.41) is 0. The smallest absolute Gasteiger partial charge is 0.159 e. The van der Waals surface area contributed by atoms with Crippen LogP contribution in [0.15, 0.2) is 47.6 Å². The van der Waals surface area contributed by atoms with Crippen LogP contribution in [0.25, 0.3) is 0 Å². The highest BCUT2D eigenvalue weighted by Gasteiger charge is 2.15. The standard InChI is InChI=1S/C14H14O2/c15-13(11-5-1-2-6-11)9-10-14(16)12-7-3-4-8-12/h1-5,7H,6,8-10H2. The molecule has 2 rings (SSSR count). The van der Waals surface area contributed by atoms with Crippen LogP contribution in [0.4, 0.5) is 0 Å². The molecule has 0 bridgehead atoms. The molecule has 2 aliphatic rings. The number of allylic oxidation sites excluding steroid dienone is 8. The molecule has 0 spiro atoms. The molecule has 0 heterocycles. The van der Waals surface area contributed by atoms with Gasteiger partial charge in [-0.1, -0.05) is 36.5 Å². The Labute approximate surface area is 95.0 Å². The highest BCUT2D eigenvalue weighted by Crippen LogP contribution is 2.17. The molecule has 0 saturated carbocycles. The molecule has 82 valence electrons. The fourth-order valence-electron chi connectivity index (χ4n) is 1.86. The van der Waals surface area contributed by atoms with Crippen molar-refractivity contribution >= 4 is 11.6 Å². The van der Waals surface area contributed by atoms with Gasteiger partial charge in [-0.05, 0) is 24.0 Å². The Hall–Kier alpha value is -1.70. The first kappa shape index (κ1) is 10.8. The van der Waals surface area contributed by atoms with Crippen LogP contribution >= 0.6 is 0 Å². The van der Waals surface area contributed by atoms with E-state index >= 15 is 0 Å². The summed E-state index contributed by atoms with van der Waals surface area (Å²) in [4.78, 5) is 23.3. The predicted molar refractivity (Wildman–Crippen MR) is 62.9 cm³/mol. The zero-order valence-electron chi connectivity index (χ0n) is 9.11. The van der Waals surface area contributed by atoms with Gasteiger partial charge in [0, 0.05) is 12.8 Å². The lowest BCUT2D eigenvalue weighted by Gasteiger charge is -2.02. The Bertz CT molecular complexity index is 392. The minimum absolute atomic E-state index is 0.102. The van der Waals surface area contributed by atoms with Gasteiger partial charge < -0.3 is 0 Å². The second-order valence-corrected chi connectivity index (χ2v) is 3.99. The van der Waals surface area contributed by atoms with E-state index in [1.807, 2.05) is 36.5 Å². The first-order valence-electron chi connectivity index (χ1n) is 5.55. The average Bonchev–Trinajstić information content (AvgIpc) is 2.95. The lowest BCUT2D eigenvalue weighted by atomic mass is 10.0. The van der Waals surface area contributed by atoms with Gasteiger partial charge in [0.25, 0.3) is 0 Å². The van der Waals surface area contributed by atoms with Gasteiger partial charge in [-0.25, -0.2) is 0 Å². The minimum atomic E-state index is 0.102. The third kappa shape index (κ3) is 2.45. The number of rotatable bonds is 5. The third-order valence-electron chi connectivity index (χ3n) is 2.84. The maximum atomic E-state index is 11.7. The Morgan fingerprint density at radius 1 is 0.875 bits per heavy atom. The van der Waals surface area contributed by atoms with Crippen molar-refractivity contribution in [3.8, 4) is 0 Å². The van der Waals surface area contributed by atoms with E-state index in [4.69, 9.17) is 0 Å². The first-order valence-corrected chi connectivity index (χ1v) is 5.55. The molecule has 0 saturated heterocycles. The average molecular weight is 214 g/mol. The van der Waals surface area contributed by atoms with Gasteiger partial charge in [-0.3, -0.25) is 9.59 Å². The summed E-state index contributed by atoms with van der Waals surface area (Å²) in [5.41, 5.74) is 1.65. The summed E-state index contributed by atoms with van der Waals surface area (Å²) < 4.78 is 0. The number of hydrogen-bond donors (Lipinski definition) is 0. The monoisotopic (exact) mass is 214 g/mol. The van der Waals surface area contributed by atoms with Crippen molar-refractivity contribution in [3.05, 3.63) is 47.6 Å². The van der Waals surface area contributed by atoms with E-state index in [1.54, 1.807) is 0 Å². The van der Waals surface area contributed by atoms with Gasteiger partial charge in [0.15, 0.2) is 11.6 Å². The number of carbonyl (C=O) groups excluding carboxylic acids is 2. The number of hydrogen-bond acceptors (Lipinski definition) is 2. The second-order valence-electron chi connectivity index (χ2n) is 3.99. The van der Waals surface area contributed by atoms with E-state index in [0.717, 1.165) is 24.0 Å². The molecule has 0 aromatic rings. The highest BCUT2D eigenvalue weighted by molar-refractivity contribution is 6.02. The van der Waals surface area contributed by atoms with E-state index in [0.29, 0.717) is 12.8 Å². The normalized spacial score (nSPS) is 17.5. The van der Waals surface area contributed by atoms with Crippen LogP contribution in [-0.4, -0.2) is 11.6 Å². The van der Waals surface area contributed by atoms with Crippen molar-refractivity contribution in [2.75, 3.05) is 0 Å². The largest absolute Gasteiger partial charge is 0.295 e. The van der Waals surface area contributed by atoms with Crippen molar-refractivity contribution in [3.63, 3.8) is 0 Å². The van der Waals surface area contributed by atoms with Crippen LogP contribution in [-0.2, 0) is 9.59 Å². The van der Waals surface area contributed by atoms with E-state index < -0.39 is 0 Å². The molecule has 2 nitrogen and oxygen atoms in total. The SMILES string of the molecule is O=C(CCC(=O)C1=CC=CC1)C1=CC=CC1. The molecule has 0 N–H and O–H groups in total. The van der Waals surface area contributed by atoms with Crippen molar-refractivity contribution in [2.24, 2.45) is 0 Å². The Kier molecular flexibility index (Phi) is 3.30. The summed E-state index contributed by atoms with van der Waals surface area (Å²) in [6.07, 6.45) is 13.5. The van der Waals surface area contributed by atoms with Crippen molar-refractivity contribution in [1.82, 2.24) is 0 Å². The van der Waals surface area contributed by atoms with Crippen LogP contribution in [0.1, 0.15) is 25.7 Å². The van der Waals surface area contributed by atoms with Gasteiger partial charge in [-0.2, -0.15) is 0 Å². The fourth-order valence-corrected chi connectivity index (χ4v) is 1.86. The zero-order chi connectivity index (χ0) is 11.4. The molecule has 0 aromatic carbocycles. The van der Waals surface area contributed by atoms with E-state index in [9.17, 15) is 9.59 Å². The summed E-state index contributed by atoms with van der Waals surface area (Å²) >= 11 is 0. The van der Waals surface area contributed by atoms with Crippen LogP contribution in [0.3, 0.4) is 0 Å². The Balaban J connectivity index is 1.79. The molecular weight excluding hydrogens is 200 g/mol. The van der Waals surface area contributed by atoms with Gasteiger partial charge in [-0.15, -0.1) is 0 Å². The molecule has 16 heavy (non-hydrogen) atoms. The summed E-state index contributed by atoms with van der Waals surface area (Å²) in [6, 6.07) is 0. The van der Waals surface area contributed by atoms with Crippen molar-refractivity contribution in [1.29, 1.82) is 0 Å². The molecule has 0 atom stereocenters.